The van der Waals surface area contributed by atoms with Crippen molar-refractivity contribution in [3.63, 3.8) is 0 Å². The minimum absolute atomic E-state index is 0.200. The number of rotatable bonds is 4. The van der Waals surface area contributed by atoms with Gasteiger partial charge >= 0.3 is 0 Å². The number of azo groups is 1. The topological polar surface area (TPSA) is 76.5 Å². The Morgan fingerprint density at radius 3 is 1.48 bits per heavy atom. The molecule has 5 nitrogen and oxygen atoms in total. The first kappa shape index (κ1) is 16.6. The van der Waals surface area contributed by atoms with E-state index in [0.29, 0.717) is 17.1 Å². The van der Waals surface area contributed by atoms with Crippen molar-refractivity contribution in [3.8, 4) is 22.5 Å². The molecular formula is C22H17N5. The van der Waals surface area contributed by atoms with E-state index in [1.807, 2.05) is 91.0 Å². The minimum Gasteiger partial charge on any atom is -0.368 e. The molecule has 0 bridgehead atoms. The molecule has 4 rings (SSSR count). The maximum absolute atomic E-state index is 6.02. The van der Waals surface area contributed by atoms with Gasteiger partial charge in [-0.05, 0) is 12.1 Å². The lowest BCUT2D eigenvalue weighted by molar-refractivity contribution is 1.14. The van der Waals surface area contributed by atoms with Gasteiger partial charge in [-0.2, -0.15) is 5.11 Å². The highest BCUT2D eigenvalue weighted by molar-refractivity contribution is 5.84. The van der Waals surface area contributed by atoms with Gasteiger partial charge in [0.1, 0.15) is 17.1 Å². The zero-order valence-electron chi connectivity index (χ0n) is 14.5. The van der Waals surface area contributed by atoms with Crippen molar-refractivity contribution in [1.82, 2.24) is 9.97 Å². The standard InChI is InChI=1S/C22H17N5/c23-22-24-19(16-10-4-1-5-11-16)21(27-26-18-14-8-3-9-15-18)20(25-22)17-12-6-2-7-13-17/h1-15H,(H2,23,24,25). The molecule has 0 fully saturated rings. The van der Waals surface area contributed by atoms with E-state index >= 15 is 0 Å². The SMILES string of the molecule is Nc1nc(-c2ccccc2)c(N=Nc2ccccc2)c(-c2ccccc2)n1. The van der Waals surface area contributed by atoms with Crippen LogP contribution in [0.1, 0.15) is 0 Å². The zero-order chi connectivity index (χ0) is 18.5. The van der Waals surface area contributed by atoms with Crippen molar-refractivity contribution in [2.75, 3.05) is 5.73 Å². The van der Waals surface area contributed by atoms with E-state index in [4.69, 9.17) is 5.73 Å². The van der Waals surface area contributed by atoms with Crippen LogP contribution in [0.4, 0.5) is 17.3 Å². The Bertz CT molecular complexity index is 1000. The molecule has 0 amide bonds. The number of hydrogen-bond acceptors (Lipinski definition) is 5. The molecule has 4 aromatic rings. The molecular weight excluding hydrogens is 334 g/mol. The van der Waals surface area contributed by atoms with E-state index < -0.39 is 0 Å². The molecule has 0 spiro atoms. The summed E-state index contributed by atoms with van der Waals surface area (Å²) in [4.78, 5) is 8.91. The summed E-state index contributed by atoms with van der Waals surface area (Å²) >= 11 is 0. The fourth-order valence-electron chi connectivity index (χ4n) is 2.76. The fraction of sp³-hybridized carbons (Fsp3) is 0. The van der Waals surface area contributed by atoms with Gasteiger partial charge in [0.25, 0.3) is 0 Å². The van der Waals surface area contributed by atoms with Gasteiger partial charge in [0.2, 0.25) is 5.95 Å². The molecule has 27 heavy (non-hydrogen) atoms. The van der Waals surface area contributed by atoms with Gasteiger partial charge in [0.15, 0.2) is 0 Å². The normalized spacial score (nSPS) is 11.0. The molecule has 1 heterocycles. The summed E-state index contributed by atoms with van der Waals surface area (Å²) in [5.74, 6) is 0.200. The lowest BCUT2D eigenvalue weighted by Crippen LogP contribution is -1.99. The quantitative estimate of drug-likeness (QED) is 0.471. The highest BCUT2D eigenvalue weighted by Gasteiger charge is 2.16. The maximum atomic E-state index is 6.02. The summed E-state index contributed by atoms with van der Waals surface area (Å²) in [6.07, 6.45) is 0. The van der Waals surface area contributed by atoms with Crippen LogP contribution in [0.5, 0.6) is 0 Å². The predicted molar refractivity (Wildman–Crippen MR) is 108 cm³/mol. The van der Waals surface area contributed by atoms with E-state index in [2.05, 4.69) is 20.2 Å². The maximum Gasteiger partial charge on any atom is 0.221 e. The van der Waals surface area contributed by atoms with Gasteiger partial charge in [0.05, 0.1) is 5.69 Å². The fourth-order valence-corrected chi connectivity index (χ4v) is 2.76. The smallest absolute Gasteiger partial charge is 0.221 e. The van der Waals surface area contributed by atoms with Crippen LogP contribution in [0.15, 0.2) is 101 Å². The number of benzene rings is 3. The first-order valence-electron chi connectivity index (χ1n) is 8.56. The number of nitrogen functional groups attached to an aromatic ring is 1. The lowest BCUT2D eigenvalue weighted by Gasteiger charge is -2.11. The number of aromatic nitrogens is 2. The summed E-state index contributed by atoms with van der Waals surface area (Å²) in [6, 6.07) is 29.2. The highest BCUT2D eigenvalue weighted by atomic mass is 15.1. The lowest BCUT2D eigenvalue weighted by atomic mass is 10.1. The highest BCUT2D eigenvalue weighted by Crippen LogP contribution is 2.38. The van der Waals surface area contributed by atoms with Crippen molar-refractivity contribution in [1.29, 1.82) is 0 Å². The molecule has 0 atom stereocenters. The Hall–Kier alpha value is -3.86. The molecule has 0 saturated heterocycles. The van der Waals surface area contributed by atoms with Crippen LogP contribution in [0, 0.1) is 0 Å². The van der Waals surface area contributed by atoms with Crippen molar-refractivity contribution >= 4 is 17.3 Å². The minimum atomic E-state index is 0.200. The predicted octanol–water partition coefficient (Wildman–Crippen LogP) is 5.81. The second kappa shape index (κ2) is 7.58. The van der Waals surface area contributed by atoms with Crippen molar-refractivity contribution < 1.29 is 0 Å². The van der Waals surface area contributed by atoms with Crippen LogP contribution < -0.4 is 5.73 Å². The van der Waals surface area contributed by atoms with Crippen molar-refractivity contribution in [2.45, 2.75) is 0 Å². The van der Waals surface area contributed by atoms with E-state index in [9.17, 15) is 0 Å². The average molecular weight is 351 g/mol. The Morgan fingerprint density at radius 1 is 0.556 bits per heavy atom. The third-order valence-electron chi connectivity index (χ3n) is 4.02. The molecule has 0 radical (unpaired) electrons. The third kappa shape index (κ3) is 3.72. The molecule has 0 aliphatic rings. The Balaban J connectivity index is 1.93. The van der Waals surface area contributed by atoms with Gasteiger partial charge in [-0.25, -0.2) is 9.97 Å². The number of hydrogen-bond donors (Lipinski definition) is 1. The molecule has 5 heteroatoms. The Morgan fingerprint density at radius 2 is 1.00 bits per heavy atom. The molecule has 1 aromatic heterocycles. The second-order valence-corrected chi connectivity index (χ2v) is 5.90. The second-order valence-electron chi connectivity index (χ2n) is 5.90. The molecule has 130 valence electrons. The van der Waals surface area contributed by atoms with Crippen molar-refractivity contribution in [2.24, 2.45) is 10.2 Å². The van der Waals surface area contributed by atoms with E-state index in [1.165, 1.54) is 0 Å². The summed E-state index contributed by atoms with van der Waals surface area (Å²) in [5, 5.41) is 8.90. The molecule has 0 unspecified atom stereocenters. The molecule has 0 aliphatic heterocycles. The Kier molecular flexibility index (Phi) is 4.66. The van der Waals surface area contributed by atoms with Crippen LogP contribution in [0.25, 0.3) is 22.5 Å². The third-order valence-corrected chi connectivity index (χ3v) is 4.02. The van der Waals surface area contributed by atoms with Gasteiger partial charge < -0.3 is 5.73 Å². The van der Waals surface area contributed by atoms with Crippen LogP contribution in [0.2, 0.25) is 0 Å². The Labute approximate surface area is 157 Å². The molecule has 2 N–H and O–H groups in total. The average Bonchev–Trinajstić information content (AvgIpc) is 2.74. The first-order chi connectivity index (χ1) is 13.3. The van der Waals surface area contributed by atoms with Crippen LogP contribution in [0.3, 0.4) is 0 Å². The molecule has 0 aliphatic carbocycles. The van der Waals surface area contributed by atoms with E-state index in [0.717, 1.165) is 16.8 Å². The van der Waals surface area contributed by atoms with Gasteiger partial charge in [-0.3, -0.25) is 0 Å². The van der Waals surface area contributed by atoms with E-state index in [1.54, 1.807) is 0 Å². The number of nitrogens with two attached hydrogens (primary N) is 1. The summed E-state index contributed by atoms with van der Waals surface area (Å²) in [7, 11) is 0. The van der Waals surface area contributed by atoms with Gasteiger partial charge in [0, 0.05) is 11.1 Å². The van der Waals surface area contributed by atoms with E-state index in [-0.39, 0.29) is 5.95 Å². The first-order valence-corrected chi connectivity index (χ1v) is 8.56. The van der Waals surface area contributed by atoms with Crippen LogP contribution >= 0.6 is 0 Å². The zero-order valence-corrected chi connectivity index (χ0v) is 14.5. The monoisotopic (exact) mass is 351 g/mol. The summed E-state index contributed by atoms with van der Waals surface area (Å²) < 4.78 is 0. The van der Waals surface area contributed by atoms with Crippen molar-refractivity contribution in [3.05, 3.63) is 91.0 Å². The molecule has 3 aromatic carbocycles. The van der Waals surface area contributed by atoms with Crippen LogP contribution in [-0.2, 0) is 0 Å². The summed E-state index contributed by atoms with van der Waals surface area (Å²) in [6.45, 7) is 0. The van der Waals surface area contributed by atoms with Crippen LogP contribution in [-0.4, -0.2) is 9.97 Å². The number of anilines is 1. The molecule has 0 saturated carbocycles. The largest absolute Gasteiger partial charge is 0.368 e. The van der Waals surface area contributed by atoms with Gasteiger partial charge in [-0.15, -0.1) is 5.11 Å². The van der Waals surface area contributed by atoms with Gasteiger partial charge in [-0.1, -0.05) is 78.9 Å². The number of nitrogens with zero attached hydrogens (tertiary/aromatic N) is 4. The summed E-state index contributed by atoms with van der Waals surface area (Å²) in [5.41, 5.74) is 10.5.